The third-order valence-corrected chi connectivity index (χ3v) is 5.42. The number of likely N-dealkylation sites (N-methyl/N-ethyl adjacent to an activating group) is 1. The lowest BCUT2D eigenvalue weighted by atomic mass is 10.1. The number of benzene rings is 1. The Balaban J connectivity index is 0.00000341. The van der Waals surface area contributed by atoms with Gasteiger partial charge in [-0.15, -0.1) is 24.0 Å². The second-order valence-corrected chi connectivity index (χ2v) is 7.50. The number of rotatable bonds is 7. The number of oxazole rings is 1. The molecule has 9 heteroatoms. The molecule has 0 saturated carbocycles. The number of anilines is 1. The summed E-state index contributed by atoms with van der Waals surface area (Å²) in [6.45, 7) is 14.3. The van der Waals surface area contributed by atoms with Crippen LogP contribution in [0.15, 0.2) is 27.6 Å². The first-order chi connectivity index (χ1) is 14.5. The van der Waals surface area contributed by atoms with Crippen LogP contribution in [-0.2, 0) is 13.1 Å². The summed E-state index contributed by atoms with van der Waals surface area (Å²) in [7, 11) is 0. The zero-order valence-electron chi connectivity index (χ0n) is 18.9. The molecule has 1 saturated heterocycles. The number of nitrogens with one attached hydrogen (secondary N) is 2. The van der Waals surface area contributed by atoms with Crippen molar-refractivity contribution >= 4 is 35.6 Å². The molecule has 7 nitrogen and oxygen atoms in total. The Morgan fingerprint density at radius 3 is 2.48 bits per heavy atom. The Bertz CT molecular complexity index is 844. The molecule has 1 aliphatic rings. The first kappa shape index (κ1) is 25.4. The molecule has 0 amide bonds. The molecule has 31 heavy (non-hydrogen) atoms. The molecule has 3 rings (SSSR count). The van der Waals surface area contributed by atoms with Crippen molar-refractivity contribution in [2.75, 3.05) is 44.2 Å². The van der Waals surface area contributed by atoms with Gasteiger partial charge in [-0.3, -0.25) is 0 Å². The van der Waals surface area contributed by atoms with E-state index in [0.717, 1.165) is 56.3 Å². The number of aryl methyl sites for hydroxylation is 2. The number of hydrogen-bond donors (Lipinski definition) is 2. The molecular formula is C22H34FIN6O. The van der Waals surface area contributed by atoms with E-state index in [2.05, 4.69) is 37.3 Å². The van der Waals surface area contributed by atoms with Gasteiger partial charge in [0.05, 0.1) is 24.5 Å². The predicted molar refractivity (Wildman–Crippen MR) is 134 cm³/mol. The minimum atomic E-state index is -0.184. The first-order valence-corrected chi connectivity index (χ1v) is 10.7. The van der Waals surface area contributed by atoms with Crippen LogP contribution in [-0.4, -0.2) is 55.1 Å². The summed E-state index contributed by atoms with van der Waals surface area (Å²) in [5, 5.41) is 6.41. The standard InChI is InChI=1S/C22H33FN6O.HI/c1-5-24-22(26-15-21-27-16(3)17(4)30-21)25-14-18-7-8-20(19(23)13-18)29-11-9-28(6-2)10-12-29;/h7-8,13H,5-6,9-12,14-15H2,1-4H3,(H2,24,25,26);1H. The highest BCUT2D eigenvalue weighted by atomic mass is 127. The smallest absolute Gasteiger partial charge is 0.214 e. The quantitative estimate of drug-likeness (QED) is 0.316. The van der Waals surface area contributed by atoms with Crippen molar-refractivity contribution in [3.8, 4) is 0 Å². The number of guanidine groups is 1. The number of nitrogens with zero attached hydrogens (tertiary/aromatic N) is 4. The number of aliphatic imine (C=N–C) groups is 1. The highest BCUT2D eigenvalue weighted by Gasteiger charge is 2.18. The third-order valence-electron chi connectivity index (χ3n) is 5.42. The van der Waals surface area contributed by atoms with Gasteiger partial charge in [0.2, 0.25) is 5.89 Å². The maximum Gasteiger partial charge on any atom is 0.214 e. The topological polar surface area (TPSA) is 68.9 Å². The monoisotopic (exact) mass is 544 g/mol. The molecule has 1 aromatic carbocycles. The molecular weight excluding hydrogens is 510 g/mol. The van der Waals surface area contributed by atoms with Gasteiger partial charge < -0.3 is 24.9 Å². The van der Waals surface area contributed by atoms with Gasteiger partial charge >= 0.3 is 0 Å². The second-order valence-electron chi connectivity index (χ2n) is 7.50. The van der Waals surface area contributed by atoms with E-state index >= 15 is 0 Å². The largest absolute Gasteiger partial charge is 0.444 e. The van der Waals surface area contributed by atoms with Crippen LogP contribution in [0.1, 0.15) is 36.8 Å². The van der Waals surface area contributed by atoms with Crippen LogP contribution in [0.2, 0.25) is 0 Å². The van der Waals surface area contributed by atoms with Crippen molar-refractivity contribution in [1.29, 1.82) is 0 Å². The Hall–Kier alpha value is -1.88. The molecule has 0 atom stereocenters. The van der Waals surface area contributed by atoms with Crippen molar-refractivity contribution in [1.82, 2.24) is 20.5 Å². The minimum absolute atomic E-state index is 0. The summed E-state index contributed by atoms with van der Waals surface area (Å²) in [4.78, 5) is 13.4. The molecule has 0 radical (unpaired) electrons. The number of hydrogen-bond acceptors (Lipinski definition) is 5. The van der Waals surface area contributed by atoms with Crippen LogP contribution < -0.4 is 15.5 Å². The predicted octanol–water partition coefficient (Wildman–Crippen LogP) is 3.45. The van der Waals surface area contributed by atoms with Gasteiger partial charge in [-0.1, -0.05) is 13.0 Å². The fraction of sp³-hybridized carbons (Fsp3) is 0.545. The zero-order valence-corrected chi connectivity index (χ0v) is 21.2. The number of piperazine rings is 1. The molecule has 2 N–H and O–H groups in total. The van der Waals surface area contributed by atoms with Crippen LogP contribution in [0, 0.1) is 19.7 Å². The second kappa shape index (κ2) is 12.2. The molecule has 0 aliphatic carbocycles. The van der Waals surface area contributed by atoms with E-state index < -0.39 is 0 Å². The molecule has 1 fully saturated rings. The molecule has 2 heterocycles. The van der Waals surface area contributed by atoms with E-state index in [9.17, 15) is 4.39 Å². The van der Waals surface area contributed by atoms with E-state index in [4.69, 9.17) is 4.42 Å². The fourth-order valence-electron chi connectivity index (χ4n) is 3.50. The lowest BCUT2D eigenvalue weighted by Gasteiger charge is -2.35. The van der Waals surface area contributed by atoms with E-state index in [-0.39, 0.29) is 29.8 Å². The summed E-state index contributed by atoms with van der Waals surface area (Å²) in [6, 6.07) is 5.42. The maximum atomic E-state index is 14.7. The summed E-state index contributed by atoms with van der Waals surface area (Å²) in [6.07, 6.45) is 0. The van der Waals surface area contributed by atoms with E-state index in [1.54, 1.807) is 6.07 Å². The van der Waals surface area contributed by atoms with Gasteiger partial charge in [-0.25, -0.2) is 14.4 Å². The lowest BCUT2D eigenvalue weighted by molar-refractivity contribution is 0.270. The van der Waals surface area contributed by atoms with Crippen molar-refractivity contribution < 1.29 is 8.81 Å². The van der Waals surface area contributed by atoms with Gasteiger partial charge in [0.15, 0.2) is 5.96 Å². The molecule has 1 aromatic heterocycles. The number of aromatic nitrogens is 1. The Labute approximate surface area is 201 Å². The summed E-state index contributed by atoms with van der Waals surface area (Å²) in [5.74, 6) is 1.90. The number of halogens is 2. The summed E-state index contributed by atoms with van der Waals surface area (Å²) < 4.78 is 20.3. The maximum absolute atomic E-state index is 14.7. The lowest BCUT2D eigenvalue weighted by Crippen LogP contribution is -2.46. The van der Waals surface area contributed by atoms with Gasteiger partial charge in [0, 0.05) is 32.7 Å². The molecule has 0 unspecified atom stereocenters. The van der Waals surface area contributed by atoms with E-state index in [1.165, 1.54) is 0 Å². The van der Waals surface area contributed by atoms with Crippen LogP contribution in [0.25, 0.3) is 0 Å². The molecule has 1 aliphatic heterocycles. The van der Waals surface area contributed by atoms with Crippen LogP contribution in [0.5, 0.6) is 0 Å². The van der Waals surface area contributed by atoms with Crippen LogP contribution >= 0.6 is 24.0 Å². The van der Waals surface area contributed by atoms with E-state index in [1.807, 2.05) is 32.9 Å². The molecule has 172 valence electrons. The Morgan fingerprint density at radius 2 is 1.90 bits per heavy atom. The fourth-order valence-corrected chi connectivity index (χ4v) is 3.50. The van der Waals surface area contributed by atoms with Gasteiger partial charge in [0.1, 0.15) is 11.6 Å². The van der Waals surface area contributed by atoms with Gasteiger partial charge in [-0.05, 0) is 45.0 Å². The van der Waals surface area contributed by atoms with Crippen molar-refractivity contribution in [2.45, 2.75) is 40.8 Å². The van der Waals surface area contributed by atoms with Crippen molar-refractivity contribution in [2.24, 2.45) is 4.99 Å². The highest BCUT2D eigenvalue weighted by molar-refractivity contribution is 14.0. The SMILES string of the molecule is CCNC(=NCc1ccc(N2CCN(CC)CC2)c(F)c1)NCc1nc(C)c(C)o1.I. The van der Waals surface area contributed by atoms with E-state index in [0.29, 0.717) is 30.6 Å². The van der Waals surface area contributed by atoms with Crippen molar-refractivity contribution in [3.63, 3.8) is 0 Å². The molecule has 2 aromatic rings. The first-order valence-electron chi connectivity index (χ1n) is 10.7. The average molecular weight is 544 g/mol. The normalized spacial score (nSPS) is 15.0. The van der Waals surface area contributed by atoms with Gasteiger partial charge in [-0.2, -0.15) is 0 Å². The third kappa shape index (κ3) is 7.06. The zero-order chi connectivity index (χ0) is 21.5. The molecule has 0 bridgehead atoms. The highest BCUT2D eigenvalue weighted by Crippen LogP contribution is 2.22. The van der Waals surface area contributed by atoms with Gasteiger partial charge in [0.25, 0.3) is 0 Å². The average Bonchev–Trinajstić information content (AvgIpc) is 3.07. The summed E-state index contributed by atoms with van der Waals surface area (Å²) in [5.41, 5.74) is 2.40. The summed E-state index contributed by atoms with van der Waals surface area (Å²) >= 11 is 0. The Morgan fingerprint density at radius 1 is 1.16 bits per heavy atom. The van der Waals surface area contributed by atoms with Crippen LogP contribution in [0.3, 0.4) is 0 Å². The minimum Gasteiger partial charge on any atom is -0.444 e. The van der Waals surface area contributed by atoms with Crippen molar-refractivity contribution in [3.05, 3.63) is 46.9 Å². The molecule has 0 spiro atoms. The Kier molecular flexibility index (Phi) is 10.0. The van der Waals surface area contributed by atoms with Crippen LogP contribution in [0.4, 0.5) is 10.1 Å².